The molecule has 1 saturated heterocycles. The van der Waals surface area contributed by atoms with E-state index >= 15 is 0 Å². The van der Waals surface area contributed by atoms with Crippen molar-refractivity contribution in [2.45, 2.75) is 45.6 Å². The van der Waals surface area contributed by atoms with Gasteiger partial charge in [0.15, 0.2) is 0 Å². The maximum absolute atomic E-state index is 4.73. The SMILES string of the molecule is CCc1nc(CN2CCCC(c3ccnc(NC)c3)C2)c(C)[nH]1. The van der Waals surface area contributed by atoms with E-state index in [1.807, 2.05) is 13.2 Å². The zero-order valence-electron chi connectivity index (χ0n) is 14.4. The lowest BCUT2D eigenvalue weighted by atomic mass is 9.91. The number of imidazole rings is 1. The van der Waals surface area contributed by atoms with Gasteiger partial charge in [-0.15, -0.1) is 0 Å². The molecule has 124 valence electrons. The van der Waals surface area contributed by atoms with E-state index in [1.165, 1.54) is 29.8 Å². The number of aryl methyl sites for hydroxylation is 2. The minimum absolute atomic E-state index is 0.587. The normalized spacial score (nSPS) is 19.0. The third kappa shape index (κ3) is 3.72. The van der Waals surface area contributed by atoms with Crippen LogP contribution in [0.15, 0.2) is 18.3 Å². The summed E-state index contributed by atoms with van der Waals surface area (Å²) in [4.78, 5) is 15.0. The smallest absolute Gasteiger partial charge is 0.125 e. The Morgan fingerprint density at radius 1 is 1.43 bits per heavy atom. The molecule has 5 nitrogen and oxygen atoms in total. The molecule has 2 aromatic rings. The summed E-state index contributed by atoms with van der Waals surface area (Å²) in [5.74, 6) is 2.64. The number of nitrogens with one attached hydrogen (secondary N) is 2. The summed E-state index contributed by atoms with van der Waals surface area (Å²) in [6, 6.07) is 4.34. The van der Waals surface area contributed by atoms with Gasteiger partial charge in [0.2, 0.25) is 0 Å². The fourth-order valence-electron chi connectivity index (χ4n) is 3.41. The van der Waals surface area contributed by atoms with Crippen LogP contribution < -0.4 is 5.32 Å². The monoisotopic (exact) mass is 313 g/mol. The summed E-state index contributed by atoms with van der Waals surface area (Å²) in [6.07, 6.45) is 5.37. The van der Waals surface area contributed by atoms with Crippen molar-refractivity contribution < 1.29 is 0 Å². The van der Waals surface area contributed by atoms with Crippen molar-refractivity contribution in [2.24, 2.45) is 0 Å². The van der Waals surface area contributed by atoms with Gasteiger partial charge in [0.05, 0.1) is 5.69 Å². The minimum Gasteiger partial charge on any atom is -0.373 e. The molecular formula is C18H27N5. The Hall–Kier alpha value is -1.88. The predicted octanol–water partition coefficient (Wildman–Crippen LogP) is 3.10. The standard InChI is InChI=1S/C18H27N5/c1-4-17-21-13(2)16(22-17)12-23-9-5-6-15(11-23)14-7-8-20-18(10-14)19-3/h7-8,10,15H,4-6,9,11-12H2,1-3H3,(H,19,20)(H,21,22). The molecule has 0 bridgehead atoms. The maximum atomic E-state index is 4.73. The number of aromatic amines is 1. The topological polar surface area (TPSA) is 56.8 Å². The quantitative estimate of drug-likeness (QED) is 0.890. The molecule has 0 aromatic carbocycles. The fraction of sp³-hybridized carbons (Fsp3) is 0.556. The molecule has 2 aromatic heterocycles. The molecule has 0 saturated carbocycles. The number of H-pyrrole nitrogens is 1. The van der Waals surface area contributed by atoms with E-state index in [4.69, 9.17) is 4.98 Å². The van der Waals surface area contributed by atoms with Crippen LogP contribution >= 0.6 is 0 Å². The number of aromatic nitrogens is 3. The predicted molar refractivity (Wildman–Crippen MR) is 93.7 cm³/mol. The summed E-state index contributed by atoms with van der Waals surface area (Å²) < 4.78 is 0. The first-order valence-corrected chi connectivity index (χ1v) is 8.60. The van der Waals surface area contributed by atoms with E-state index in [2.05, 4.69) is 46.2 Å². The second kappa shape index (κ2) is 7.13. The highest BCUT2D eigenvalue weighted by molar-refractivity contribution is 5.38. The third-order valence-electron chi connectivity index (χ3n) is 4.76. The Morgan fingerprint density at radius 2 is 2.30 bits per heavy atom. The van der Waals surface area contributed by atoms with Crippen LogP contribution in [0, 0.1) is 6.92 Å². The van der Waals surface area contributed by atoms with Crippen LogP contribution in [0.25, 0.3) is 0 Å². The second-order valence-electron chi connectivity index (χ2n) is 6.41. The van der Waals surface area contributed by atoms with Gasteiger partial charge in [-0.1, -0.05) is 6.92 Å². The van der Waals surface area contributed by atoms with Crippen LogP contribution in [-0.4, -0.2) is 40.0 Å². The van der Waals surface area contributed by atoms with Crippen LogP contribution in [0.1, 0.15) is 48.5 Å². The van der Waals surface area contributed by atoms with Crippen LogP contribution in [0.2, 0.25) is 0 Å². The van der Waals surface area contributed by atoms with Gasteiger partial charge in [0.1, 0.15) is 11.6 Å². The highest BCUT2D eigenvalue weighted by atomic mass is 15.1. The van der Waals surface area contributed by atoms with Gasteiger partial charge in [-0.2, -0.15) is 0 Å². The van der Waals surface area contributed by atoms with Gasteiger partial charge in [-0.05, 0) is 49.9 Å². The number of hydrogen-bond acceptors (Lipinski definition) is 4. The Balaban J connectivity index is 1.69. The number of hydrogen-bond donors (Lipinski definition) is 2. The Kier molecular flexibility index (Phi) is 4.96. The Bertz CT molecular complexity index is 649. The van der Waals surface area contributed by atoms with E-state index in [1.54, 1.807) is 0 Å². The molecule has 5 heteroatoms. The van der Waals surface area contributed by atoms with Crippen molar-refractivity contribution in [3.63, 3.8) is 0 Å². The van der Waals surface area contributed by atoms with Crippen molar-refractivity contribution in [2.75, 3.05) is 25.5 Å². The zero-order chi connectivity index (χ0) is 16.2. The lowest BCUT2D eigenvalue weighted by Gasteiger charge is -2.32. The molecule has 3 heterocycles. The molecule has 1 unspecified atom stereocenters. The highest BCUT2D eigenvalue weighted by Crippen LogP contribution is 2.28. The highest BCUT2D eigenvalue weighted by Gasteiger charge is 2.23. The van der Waals surface area contributed by atoms with Crippen molar-refractivity contribution in [1.82, 2.24) is 19.9 Å². The number of likely N-dealkylation sites (tertiary alicyclic amines) is 1. The van der Waals surface area contributed by atoms with E-state index in [0.717, 1.165) is 37.7 Å². The van der Waals surface area contributed by atoms with Gasteiger partial charge in [0, 0.05) is 38.4 Å². The molecule has 1 atom stereocenters. The maximum Gasteiger partial charge on any atom is 0.125 e. The summed E-state index contributed by atoms with van der Waals surface area (Å²) in [5.41, 5.74) is 3.81. The van der Waals surface area contributed by atoms with Crippen molar-refractivity contribution in [1.29, 1.82) is 0 Å². The summed E-state index contributed by atoms with van der Waals surface area (Å²) in [7, 11) is 1.92. The number of pyridine rings is 1. The number of anilines is 1. The van der Waals surface area contributed by atoms with Crippen LogP contribution in [0.5, 0.6) is 0 Å². The molecule has 0 spiro atoms. The van der Waals surface area contributed by atoms with Gasteiger partial charge in [0.25, 0.3) is 0 Å². The molecule has 0 radical (unpaired) electrons. The molecule has 2 N–H and O–H groups in total. The number of piperidine rings is 1. The summed E-state index contributed by atoms with van der Waals surface area (Å²) >= 11 is 0. The molecular weight excluding hydrogens is 286 g/mol. The van der Waals surface area contributed by atoms with Gasteiger partial charge < -0.3 is 10.3 Å². The Labute approximate surface area is 138 Å². The van der Waals surface area contributed by atoms with Crippen molar-refractivity contribution >= 4 is 5.82 Å². The number of nitrogens with zero attached hydrogens (tertiary/aromatic N) is 3. The van der Waals surface area contributed by atoms with Crippen LogP contribution in [0.3, 0.4) is 0 Å². The lowest BCUT2D eigenvalue weighted by molar-refractivity contribution is 0.198. The van der Waals surface area contributed by atoms with E-state index in [9.17, 15) is 0 Å². The summed E-state index contributed by atoms with van der Waals surface area (Å²) in [5, 5.41) is 3.14. The fourth-order valence-corrected chi connectivity index (χ4v) is 3.41. The average Bonchev–Trinajstić information content (AvgIpc) is 2.95. The molecule has 1 aliphatic rings. The van der Waals surface area contributed by atoms with Gasteiger partial charge in [-0.3, -0.25) is 4.90 Å². The van der Waals surface area contributed by atoms with Gasteiger partial charge >= 0.3 is 0 Å². The van der Waals surface area contributed by atoms with E-state index < -0.39 is 0 Å². The van der Waals surface area contributed by atoms with Crippen LogP contribution in [-0.2, 0) is 13.0 Å². The summed E-state index contributed by atoms with van der Waals surface area (Å²) in [6.45, 7) is 7.48. The van der Waals surface area contributed by atoms with E-state index in [-0.39, 0.29) is 0 Å². The molecule has 1 aliphatic heterocycles. The Morgan fingerprint density at radius 3 is 3.04 bits per heavy atom. The van der Waals surface area contributed by atoms with E-state index in [0.29, 0.717) is 5.92 Å². The van der Waals surface area contributed by atoms with Crippen LogP contribution in [0.4, 0.5) is 5.82 Å². The third-order valence-corrected chi connectivity index (χ3v) is 4.76. The largest absolute Gasteiger partial charge is 0.373 e. The molecule has 0 amide bonds. The van der Waals surface area contributed by atoms with Gasteiger partial charge in [-0.25, -0.2) is 9.97 Å². The first kappa shape index (κ1) is 16.0. The molecule has 3 rings (SSSR count). The average molecular weight is 313 g/mol. The first-order valence-electron chi connectivity index (χ1n) is 8.60. The second-order valence-corrected chi connectivity index (χ2v) is 6.41. The van der Waals surface area contributed by atoms with Crippen molar-refractivity contribution in [3.8, 4) is 0 Å². The lowest BCUT2D eigenvalue weighted by Crippen LogP contribution is -2.34. The first-order chi connectivity index (χ1) is 11.2. The minimum atomic E-state index is 0.587. The number of rotatable bonds is 5. The molecule has 23 heavy (non-hydrogen) atoms. The zero-order valence-corrected chi connectivity index (χ0v) is 14.4. The molecule has 0 aliphatic carbocycles. The van der Waals surface area contributed by atoms with Crippen molar-refractivity contribution in [3.05, 3.63) is 41.1 Å². The molecule has 1 fully saturated rings.